The Morgan fingerprint density at radius 3 is 1.92 bits per heavy atom. The summed E-state index contributed by atoms with van der Waals surface area (Å²) in [4.78, 5) is 13.6. The summed E-state index contributed by atoms with van der Waals surface area (Å²) in [5.74, 6) is 0.144. The molecule has 1 unspecified atom stereocenters. The normalized spacial score (nSPS) is 12.5. The summed E-state index contributed by atoms with van der Waals surface area (Å²) >= 11 is 0. The summed E-state index contributed by atoms with van der Waals surface area (Å²) in [5.41, 5.74) is 0. The molecule has 0 radical (unpaired) electrons. The molecule has 0 aromatic heterocycles. The molecular weight excluding hydrogens is 300 g/mol. The van der Waals surface area contributed by atoms with Crippen LogP contribution in [0.25, 0.3) is 0 Å². The van der Waals surface area contributed by atoms with Gasteiger partial charge in [0.1, 0.15) is 6.23 Å². The average Bonchev–Trinajstić information content (AvgIpc) is 2.58. The summed E-state index contributed by atoms with van der Waals surface area (Å²) in [6.45, 7) is 5.52. The van der Waals surface area contributed by atoms with Crippen LogP contribution in [0.2, 0.25) is 0 Å². The fourth-order valence-corrected chi connectivity index (χ4v) is 2.87. The van der Waals surface area contributed by atoms with Gasteiger partial charge in [0.15, 0.2) is 0 Å². The predicted octanol–water partition coefficient (Wildman–Crippen LogP) is 4.46. The molecule has 2 N–H and O–H groups in total. The summed E-state index contributed by atoms with van der Waals surface area (Å²) in [6, 6.07) is 0. The van der Waals surface area contributed by atoms with Gasteiger partial charge in [-0.2, -0.15) is 0 Å². The highest BCUT2D eigenvalue weighted by molar-refractivity contribution is 5.75. The number of aliphatic hydroxyl groups is 1. The molecule has 0 aromatic carbocycles. The van der Waals surface area contributed by atoms with E-state index in [1.807, 2.05) is 18.9 Å². The highest BCUT2D eigenvalue weighted by Gasteiger charge is 2.08. The van der Waals surface area contributed by atoms with E-state index in [4.69, 9.17) is 0 Å². The number of carbonyl (C=O) groups is 1. The van der Waals surface area contributed by atoms with Crippen LogP contribution in [0, 0.1) is 0 Å². The van der Waals surface area contributed by atoms with Gasteiger partial charge in [-0.25, -0.2) is 0 Å². The molecule has 0 aliphatic carbocycles. The molecule has 0 aliphatic rings. The Labute approximate surface area is 150 Å². The van der Waals surface area contributed by atoms with E-state index in [0.29, 0.717) is 25.9 Å². The molecule has 0 aromatic rings. The van der Waals surface area contributed by atoms with E-state index < -0.39 is 6.23 Å². The number of unbranched alkanes of at least 4 members (excludes halogenated alkanes) is 10. The standard InChI is InChI=1S/C20H42N2O2/c1-4-6-7-8-9-10-11-12-13-14-15-16-19(23)21-17-18-22(3)20(24)5-2/h20,24H,4-18H2,1-3H3,(H,21,23). The first-order valence-corrected chi connectivity index (χ1v) is 10.3. The molecule has 0 heterocycles. The van der Waals surface area contributed by atoms with Crippen LogP contribution in [0.3, 0.4) is 0 Å². The molecule has 0 spiro atoms. The summed E-state index contributed by atoms with van der Waals surface area (Å²) in [7, 11) is 1.88. The first-order chi connectivity index (χ1) is 11.6. The maximum atomic E-state index is 11.7. The van der Waals surface area contributed by atoms with Gasteiger partial charge in [-0.15, -0.1) is 0 Å². The number of likely N-dealkylation sites (N-methyl/N-ethyl adjacent to an activating group) is 1. The summed E-state index contributed by atoms with van der Waals surface area (Å²) in [5, 5.41) is 12.6. The van der Waals surface area contributed by atoms with Crippen molar-refractivity contribution in [2.45, 2.75) is 104 Å². The zero-order valence-electron chi connectivity index (χ0n) is 16.5. The Bertz CT molecular complexity index is 285. The summed E-state index contributed by atoms with van der Waals surface area (Å²) < 4.78 is 0. The van der Waals surface area contributed by atoms with Crippen molar-refractivity contribution in [3.63, 3.8) is 0 Å². The molecule has 24 heavy (non-hydrogen) atoms. The van der Waals surface area contributed by atoms with Crippen molar-refractivity contribution >= 4 is 5.91 Å². The molecule has 144 valence electrons. The van der Waals surface area contributed by atoms with Crippen molar-refractivity contribution in [2.24, 2.45) is 0 Å². The quantitative estimate of drug-likeness (QED) is 0.303. The minimum absolute atomic E-state index is 0.144. The molecule has 0 saturated carbocycles. The Morgan fingerprint density at radius 2 is 1.42 bits per heavy atom. The van der Waals surface area contributed by atoms with Gasteiger partial charge in [0.05, 0.1) is 0 Å². The third-order valence-electron chi connectivity index (χ3n) is 4.67. The number of amides is 1. The lowest BCUT2D eigenvalue weighted by molar-refractivity contribution is -0.121. The highest BCUT2D eigenvalue weighted by Crippen LogP contribution is 2.11. The largest absolute Gasteiger partial charge is 0.378 e. The molecular formula is C20H42N2O2. The lowest BCUT2D eigenvalue weighted by Crippen LogP contribution is -2.38. The van der Waals surface area contributed by atoms with Crippen LogP contribution < -0.4 is 5.32 Å². The van der Waals surface area contributed by atoms with Crippen LogP contribution in [0.1, 0.15) is 97.3 Å². The van der Waals surface area contributed by atoms with Gasteiger partial charge >= 0.3 is 0 Å². The third kappa shape index (κ3) is 14.9. The fourth-order valence-electron chi connectivity index (χ4n) is 2.87. The van der Waals surface area contributed by atoms with Crippen molar-refractivity contribution in [1.29, 1.82) is 0 Å². The monoisotopic (exact) mass is 342 g/mol. The van der Waals surface area contributed by atoms with Gasteiger partial charge in [-0.1, -0.05) is 78.1 Å². The molecule has 0 bridgehead atoms. The number of aliphatic hydroxyl groups excluding tert-OH is 1. The van der Waals surface area contributed by atoms with Gasteiger partial charge in [0, 0.05) is 19.5 Å². The van der Waals surface area contributed by atoms with E-state index in [1.165, 1.54) is 57.8 Å². The maximum absolute atomic E-state index is 11.7. The van der Waals surface area contributed by atoms with Crippen molar-refractivity contribution in [2.75, 3.05) is 20.1 Å². The van der Waals surface area contributed by atoms with Crippen molar-refractivity contribution in [3.05, 3.63) is 0 Å². The summed E-state index contributed by atoms with van der Waals surface area (Å²) in [6.07, 6.45) is 15.3. The van der Waals surface area contributed by atoms with Gasteiger partial charge in [-0.05, 0) is 19.9 Å². The van der Waals surface area contributed by atoms with E-state index in [1.54, 1.807) is 0 Å². The Balaban J connectivity index is 3.29. The van der Waals surface area contributed by atoms with Crippen LogP contribution in [-0.2, 0) is 4.79 Å². The minimum atomic E-state index is -0.409. The van der Waals surface area contributed by atoms with Crippen molar-refractivity contribution in [1.82, 2.24) is 10.2 Å². The van der Waals surface area contributed by atoms with Crippen LogP contribution >= 0.6 is 0 Å². The van der Waals surface area contributed by atoms with Crippen molar-refractivity contribution < 1.29 is 9.90 Å². The topological polar surface area (TPSA) is 52.6 Å². The first kappa shape index (κ1) is 23.4. The number of carbonyl (C=O) groups excluding carboxylic acids is 1. The molecule has 4 nitrogen and oxygen atoms in total. The van der Waals surface area contributed by atoms with Crippen LogP contribution in [-0.4, -0.2) is 42.3 Å². The lowest BCUT2D eigenvalue weighted by Gasteiger charge is -2.22. The minimum Gasteiger partial charge on any atom is -0.378 e. The second kappa shape index (κ2) is 17.2. The maximum Gasteiger partial charge on any atom is 0.220 e. The Hall–Kier alpha value is -0.610. The van der Waals surface area contributed by atoms with E-state index in [-0.39, 0.29) is 5.91 Å². The van der Waals surface area contributed by atoms with Gasteiger partial charge < -0.3 is 10.4 Å². The predicted molar refractivity (Wildman–Crippen MR) is 103 cm³/mol. The molecule has 4 heteroatoms. The number of hydrogen-bond donors (Lipinski definition) is 2. The van der Waals surface area contributed by atoms with Gasteiger partial charge in [-0.3, -0.25) is 9.69 Å². The number of rotatable bonds is 17. The third-order valence-corrected chi connectivity index (χ3v) is 4.67. The van der Waals surface area contributed by atoms with Gasteiger partial charge in [0.25, 0.3) is 0 Å². The Kier molecular flexibility index (Phi) is 16.8. The molecule has 0 fully saturated rings. The molecule has 0 aliphatic heterocycles. The SMILES string of the molecule is CCCCCCCCCCCCCC(=O)NCCN(C)C(O)CC. The van der Waals surface area contributed by atoms with E-state index in [9.17, 15) is 9.90 Å². The molecule has 0 saturated heterocycles. The second-order valence-corrected chi connectivity index (χ2v) is 7.00. The first-order valence-electron chi connectivity index (χ1n) is 10.3. The van der Waals surface area contributed by atoms with E-state index >= 15 is 0 Å². The zero-order chi connectivity index (χ0) is 18.0. The molecule has 0 rings (SSSR count). The number of nitrogens with one attached hydrogen (secondary N) is 1. The molecule has 1 atom stereocenters. The average molecular weight is 343 g/mol. The van der Waals surface area contributed by atoms with Crippen LogP contribution in [0.15, 0.2) is 0 Å². The molecule has 1 amide bonds. The lowest BCUT2D eigenvalue weighted by atomic mass is 10.1. The smallest absolute Gasteiger partial charge is 0.220 e. The van der Waals surface area contributed by atoms with Gasteiger partial charge in [0.2, 0.25) is 5.91 Å². The number of hydrogen-bond acceptors (Lipinski definition) is 3. The van der Waals surface area contributed by atoms with Crippen LogP contribution in [0.4, 0.5) is 0 Å². The number of nitrogens with zero attached hydrogens (tertiary/aromatic N) is 1. The zero-order valence-corrected chi connectivity index (χ0v) is 16.5. The van der Waals surface area contributed by atoms with Crippen molar-refractivity contribution in [3.8, 4) is 0 Å². The highest BCUT2D eigenvalue weighted by atomic mass is 16.3. The second-order valence-electron chi connectivity index (χ2n) is 7.00. The van der Waals surface area contributed by atoms with Crippen LogP contribution in [0.5, 0.6) is 0 Å². The van der Waals surface area contributed by atoms with E-state index in [0.717, 1.165) is 12.8 Å². The fraction of sp³-hybridized carbons (Fsp3) is 0.950. The Morgan fingerprint density at radius 1 is 0.917 bits per heavy atom. The van der Waals surface area contributed by atoms with E-state index in [2.05, 4.69) is 12.2 Å².